The van der Waals surface area contributed by atoms with Crippen LogP contribution in [-0.2, 0) is 0 Å². The fraction of sp³-hybridized carbons (Fsp3) is 0.647. The molecule has 0 radical (unpaired) electrons. The van der Waals surface area contributed by atoms with E-state index in [0.717, 1.165) is 45.6 Å². The van der Waals surface area contributed by atoms with Crippen molar-refractivity contribution in [3.8, 4) is 0 Å². The molecule has 21 heavy (non-hydrogen) atoms. The predicted molar refractivity (Wildman–Crippen MR) is 88.7 cm³/mol. The molecule has 1 aliphatic rings. The molecular weight excluding hydrogens is 262 g/mol. The molecule has 1 atom stereocenters. The molecule has 2 rings (SSSR count). The van der Waals surface area contributed by atoms with Gasteiger partial charge in [-0.2, -0.15) is 0 Å². The van der Waals surface area contributed by atoms with Gasteiger partial charge in [0.15, 0.2) is 0 Å². The number of nitrogens with two attached hydrogens (primary N) is 1. The van der Waals surface area contributed by atoms with Crippen molar-refractivity contribution in [2.24, 2.45) is 5.73 Å². The van der Waals surface area contributed by atoms with Gasteiger partial charge >= 0.3 is 0 Å². The number of aliphatic hydroxyl groups is 1. The van der Waals surface area contributed by atoms with E-state index in [1.807, 2.05) is 6.92 Å². The highest BCUT2D eigenvalue weighted by molar-refractivity contribution is 5.48. The molecule has 1 aromatic carbocycles. The molecule has 0 saturated carbocycles. The van der Waals surface area contributed by atoms with E-state index >= 15 is 0 Å². The number of rotatable bonds is 6. The molecule has 4 nitrogen and oxygen atoms in total. The fourth-order valence-corrected chi connectivity index (χ4v) is 2.84. The van der Waals surface area contributed by atoms with Crippen LogP contribution in [0.4, 0.5) is 5.69 Å². The maximum absolute atomic E-state index is 9.92. The highest BCUT2D eigenvalue weighted by atomic mass is 16.3. The summed E-state index contributed by atoms with van der Waals surface area (Å²) < 4.78 is 0. The third-order valence-electron chi connectivity index (χ3n) is 4.37. The largest absolute Gasteiger partial charge is 0.389 e. The minimum atomic E-state index is -0.705. The summed E-state index contributed by atoms with van der Waals surface area (Å²) in [5.41, 5.74) is 7.50. The Morgan fingerprint density at radius 3 is 2.57 bits per heavy atom. The second-order valence-electron chi connectivity index (χ2n) is 6.47. The SMILES string of the molecule is Cc1cccc(N2CCN(CCCC(C)(O)CN)CC2)c1. The van der Waals surface area contributed by atoms with Crippen molar-refractivity contribution in [2.75, 3.05) is 44.2 Å². The van der Waals surface area contributed by atoms with E-state index in [1.54, 1.807) is 0 Å². The van der Waals surface area contributed by atoms with Crippen LogP contribution in [0.25, 0.3) is 0 Å². The molecule has 0 aliphatic carbocycles. The molecule has 0 amide bonds. The van der Waals surface area contributed by atoms with Crippen molar-refractivity contribution in [2.45, 2.75) is 32.3 Å². The average molecular weight is 291 g/mol. The molecule has 1 saturated heterocycles. The lowest BCUT2D eigenvalue weighted by atomic mass is 10.0. The number of benzene rings is 1. The van der Waals surface area contributed by atoms with E-state index in [0.29, 0.717) is 6.54 Å². The summed E-state index contributed by atoms with van der Waals surface area (Å²) in [7, 11) is 0. The van der Waals surface area contributed by atoms with Crippen molar-refractivity contribution < 1.29 is 5.11 Å². The topological polar surface area (TPSA) is 52.7 Å². The highest BCUT2D eigenvalue weighted by Crippen LogP contribution is 2.18. The van der Waals surface area contributed by atoms with Gasteiger partial charge < -0.3 is 15.7 Å². The Morgan fingerprint density at radius 1 is 1.24 bits per heavy atom. The summed E-state index contributed by atoms with van der Waals surface area (Å²) in [5, 5.41) is 9.92. The lowest BCUT2D eigenvalue weighted by Gasteiger charge is -2.36. The van der Waals surface area contributed by atoms with Gasteiger partial charge in [-0.3, -0.25) is 4.90 Å². The number of anilines is 1. The Morgan fingerprint density at radius 2 is 1.95 bits per heavy atom. The van der Waals surface area contributed by atoms with Crippen molar-refractivity contribution in [1.82, 2.24) is 4.90 Å². The number of aryl methyl sites for hydroxylation is 1. The van der Waals surface area contributed by atoms with Crippen LogP contribution >= 0.6 is 0 Å². The first-order chi connectivity index (χ1) is 10.00. The second kappa shape index (κ2) is 7.25. The lowest BCUT2D eigenvalue weighted by Crippen LogP contribution is -2.47. The van der Waals surface area contributed by atoms with Crippen LogP contribution in [0, 0.1) is 6.92 Å². The third-order valence-corrected chi connectivity index (χ3v) is 4.37. The Kier molecular flexibility index (Phi) is 5.62. The molecule has 1 heterocycles. The number of hydrogen-bond donors (Lipinski definition) is 2. The van der Waals surface area contributed by atoms with Crippen molar-refractivity contribution >= 4 is 5.69 Å². The van der Waals surface area contributed by atoms with E-state index in [4.69, 9.17) is 5.73 Å². The highest BCUT2D eigenvalue weighted by Gasteiger charge is 2.20. The lowest BCUT2D eigenvalue weighted by molar-refractivity contribution is 0.0542. The molecule has 1 unspecified atom stereocenters. The summed E-state index contributed by atoms with van der Waals surface area (Å²) in [6.45, 7) is 9.71. The van der Waals surface area contributed by atoms with Crippen LogP contribution < -0.4 is 10.6 Å². The van der Waals surface area contributed by atoms with E-state index in [1.165, 1.54) is 11.3 Å². The van der Waals surface area contributed by atoms with Crippen molar-refractivity contribution in [3.05, 3.63) is 29.8 Å². The van der Waals surface area contributed by atoms with Gasteiger partial charge in [-0.15, -0.1) is 0 Å². The molecule has 4 heteroatoms. The minimum Gasteiger partial charge on any atom is -0.389 e. The molecule has 1 fully saturated rings. The molecule has 0 aromatic heterocycles. The maximum Gasteiger partial charge on any atom is 0.0741 e. The predicted octanol–water partition coefficient (Wildman–Crippen LogP) is 1.61. The van der Waals surface area contributed by atoms with E-state index in [-0.39, 0.29) is 0 Å². The van der Waals surface area contributed by atoms with Gasteiger partial charge in [0.05, 0.1) is 5.60 Å². The van der Waals surface area contributed by atoms with Gasteiger partial charge in [0.1, 0.15) is 0 Å². The van der Waals surface area contributed by atoms with Gasteiger partial charge in [-0.05, 0) is 50.9 Å². The summed E-state index contributed by atoms with van der Waals surface area (Å²) in [6.07, 6.45) is 1.79. The van der Waals surface area contributed by atoms with Crippen LogP contribution in [0.15, 0.2) is 24.3 Å². The zero-order chi connectivity index (χ0) is 15.3. The molecular formula is C17H29N3O. The average Bonchev–Trinajstić information content (AvgIpc) is 2.48. The molecule has 1 aromatic rings. The smallest absolute Gasteiger partial charge is 0.0741 e. The summed E-state index contributed by atoms with van der Waals surface area (Å²) in [4.78, 5) is 4.94. The number of hydrogen-bond acceptors (Lipinski definition) is 4. The monoisotopic (exact) mass is 291 g/mol. The van der Waals surface area contributed by atoms with Crippen LogP contribution in [0.2, 0.25) is 0 Å². The maximum atomic E-state index is 9.92. The summed E-state index contributed by atoms with van der Waals surface area (Å²) in [6, 6.07) is 8.73. The van der Waals surface area contributed by atoms with E-state index in [2.05, 4.69) is 41.0 Å². The summed E-state index contributed by atoms with van der Waals surface area (Å²) >= 11 is 0. The van der Waals surface area contributed by atoms with Gasteiger partial charge in [-0.1, -0.05) is 12.1 Å². The molecule has 0 bridgehead atoms. The second-order valence-corrected chi connectivity index (χ2v) is 6.47. The van der Waals surface area contributed by atoms with Gasteiger partial charge in [0.2, 0.25) is 0 Å². The quantitative estimate of drug-likeness (QED) is 0.836. The van der Waals surface area contributed by atoms with E-state index < -0.39 is 5.60 Å². The van der Waals surface area contributed by atoms with Gasteiger partial charge in [-0.25, -0.2) is 0 Å². The van der Waals surface area contributed by atoms with Gasteiger partial charge in [0, 0.05) is 38.4 Å². The number of nitrogens with zero attached hydrogens (tertiary/aromatic N) is 2. The van der Waals surface area contributed by atoms with Crippen LogP contribution in [-0.4, -0.2) is 54.9 Å². The molecule has 3 N–H and O–H groups in total. The Bertz CT molecular complexity index is 439. The molecule has 118 valence electrons. The first-order valence-corrected chi connectivity index (χ1v) is 7.97. The zero-order valence-corrected chi connectivity index (χ0v) is 13.4. The minimum absolute atomic E-state index is 0.341. The third kappa shape index (κ3) is 4.99. The number of piperazine rings is 1. The zero-order valence-electron chi connectivity index (χ0n) is 13.4. The Balaban J connectivity index is 1.73. The van der Waals surface area contributed by atoms with Crippen LogP contribution in [0.1, 0.15) is 25.3 Å². The fourth-order valence-electron chi connectivity index (χ4n) is 2.84. The first kappa shape index (κ1) is 16.3. The van der Waals surface area contributed by atoms with Crippen molar-refractivity contribution in [1.29, 1.82) is 0 Å². The Labute approximate surface area is 128 Å². The summed E-state index contributed by atoms with van der Waals surface area (Å²) in [5.74, 6) is 0. The van der Waals surface area contributed by atoms with Crippen LogP contribution in [0.3, 0.4) is 0 Å². The standard InChI is InChI=1S/C17H29N3O/c1-15-5-3-6-16(13-15)20-11-9-19(10-12-20)8-4-7-17(2,21)14-18/h3,5-6,13,21H,4,7-12,14,18H2,1-2H3. The normalized spacial score (nSPS) is 19.5. The molecule has 1 aliphatic heterocycles. The van der Waals surface area contributed by atoms with Gasteiger partial charge in [0.25, 0.3) is 0 Å². The van der Waals surface area contributed by atoms with E-state index in [9.17, 15) is 5.11 Å². The van der Waals surface area contributed by atoms with Crippen molar-refractivity contribution in [3.63, 3.8) is 0 Å². The van der Waals surface area contributed by atoms with Crippen LogP contribution in [0.5, 0.6) is 0 Å². The molecule has 0 spiro atoms. The first-order valence-electron chi connectivity index (χ1n) is 7.97. The Hall–Kier alpha value is -1.10.